The van der Waals surface area contributed by atoms with Gasteiger partial charge in [0.15, 0.2) is 5.65 Å². The molecule has 2 N–H and O–H groups in total. The molecule has 10 nitrogen and oxygen atoms in total. The number of fused-ring (bicyclic) bond motifs is 2. The number of pyridine rings is 1. The summed E-state index contributed by atoms with van der Waals surface area (Å²) < 4.78 is 7.27. The van der Waals surface area contributed by atoms with Crippen LogP contribution in [-0.2, 0) is 5.41 Å². The van der Waals surface area contributed by atoms with Crippen molar-refractivity contribution >= 4 is 33.5 Å². The van der Waals surface area contributed by atoms with Crippen LogP contribution in [0.4, 0.5) is 5.69 Å². The van der Waals surface area contributed by atoms with Crippen LogP contribution in [0.1, 0.15) is 62.9 Å². The van der Waals surface area contributed by atoms with Gasteiger partial charge in [0, 0.05) is 40.0 Å². The van der Waals surface area contributed by atoms with Gasteiger partial charge in [-0.25, -0.2) is 9.97 Å². The van der Waals surface area contributed by atoms with Crippen molar-refractivity contribution in [2.45, 2.75) is 53.0 Å². The summed E-state index contributed by atoms with van der Waals surface area (Å²) in [6.45, 7) is 12.1. The van der Waals surface area contributed by atoms with Gasteiger partial charge in [0.2, 0.25) is 5.89 Å². The Hall–Kier alpha value is -4.86. The average molecular weight is 535 g/mol. The van der Waals surface area contributed by atoms with E-state index in [1.165, 1.54) is 0 Å². The van der Waals surface area contributed by atoms with Gasteiger partial charge in [-0.05, 0) is 49.9 Å². The number of hydrogen-bond donors (Lipinski definition) is 2. The van der Waals surface area contributed by atoms with Crippen LogP contribution in [0.2, 0.25) is 0 Å². The fourth-order valence-corrected chi connectivity index (χ4v) is 4.81. The van der Waals surface area contributed by atoms with E-state index in [0.717, 1.165) is 44.5 Å². The number of nitrogens with one attached hydrogen (secondary N) is 2. The Balaban J connectivity index is 1.34. The molecule has 4 aromatic heterocycles. The van der Waals surface area contributed by atoms with Crippen molar-refractivity contribution in [3.05, 3.63) is 72.3 Å². The van der Waals surface area contributed by atoms with Crippen molar-refractivity contribution in [3.8, 4) is 22.5 Å². The Morgan fingerprint density at radius 3 is 2.62 bits per heavy atom. The van der Waals surface area contributed by atoms with Crippen LogP contribution >= 0.6 is 0 Å². The van der Waals surface area contributed by atoms with Crippen molar-refractivity contribution in [3.63, 3.8) is 0 Å². The molecule has 1 amide bonds. The third-order valence-electron chi connectivity index (χ3n) is 6.89. The molecule has 0 fully saturated rings. The van der Waals surface area contributed by atoms with Crippen molar-refractivity contribution in [2.24, 2.45) is 0 Å². The van der Waals surface area contributed by atoms with E-state index in [2.05, 4.69) is 50.4 Å². The molecule has 0 aliphatic carbocycles. The van der Waals surface area contributed by atoms with Gasteiger partial charge in [0.25, 0.3) is 11.7 Å². The highest BCUT2D eigenvalue weighted by Gasteiger charge is 2.24. The SMILES string of the molecule is Cc1c(-c2nc3nccc(-c4ccc5c(NC(=O)c6noc(C(C)(C)C)n6)cccc5c4)c3[nH]2)cnn1C(C)C. The minimum absolute atomic E-state index is 0.00180. The van der Waals surface area contributed by atoms with Crippen molar-refractivity contribution in [2.75, 3.05) is 5.32 Å². The number of amides is 1. The van der Waals surface area contributed by atoms with Gasteiger partial charge in [-0.2, -0.15) is 10.1 Å². The molecule has 4 heterocycles. The number of H-pyrrole nitrogens is 1. The third kappa shape index (κ3) is 4.41. The van der Waals surface area contributed by atoms with E-state index in [1.807, 2.05) is 75.0 Å². The third-order valence-corrected chi connectivity index (χ3v) is 6.89. The van der Waals surface area contributed by atoms with Gasteiger partial charge in [-0.3, -0.25) is 9.48 Å². The van der Waals surface area contributed by atoms with Crippen LogP contribution in [0.25, 0.3) is 44.5 Å². The van der Waals surface area contributed by atoms with Gasteiger partial charge in [-0.1, -0.05) is 50.2 Å². The van der Waals surface area contributed by atoms with E-state index >= 15 is 0 Å². The van der Waals surface area contributed by atoms with Crippen LogP contribution in [0.3, 0.4) is 0 Å². The summed E-state index contributed by atoms with van der Waals surface area (Å²) in [6, 6.07) is 14.1. The quantitative estimate of drug-likeness (QED) is 0.260. The number of rotatable bonds is 5. The smallest absolute Gasteiger partial charge is 0.297 e. The highest BCUT2D eigenvalue weighted by Crippen LogP contribution is 2.33. The topological polar surface area (TPSA) is 127 Å². The lowest BCUT2D eigenvalue weighted by atomic mass is 9.97. The Morgan fingerprint density at radius 1 is 1.07 bits per heavy atom. The number of carbonyl (C=O) groups excluding carboxylic acids is 1. The summed E-state index contributed by atoms with van der Waals surface area (Å²) in [5, 5.41) is 13.2. The molecule has 0 aliphatic rings. The molecule has 6 rings (SSSR count). The molecule has 0 saturated heterocycles. The van der Waals surface area contributed by atoms with E-state index in [9.17, 15) is 4.79 Å². The summed E-state index contributed by atoms with van der Waals surface area (Å²) in [6.07, 6.45) is 3.61. The van der Waals surface area contributed by atoms with Gasteiger partial charge < -0.3 is 14.8 Å². The highest BCUT2D eigenvalue weighted by atomic mass is 16.5. The van der Waals surface area contributed by atoms with Crippen molar-refractivity contribution < 1.29 is 9.32 Å². The van der Waals surface area contributed by atoms with Crippen LogP contribution in [0.5, 0.6) is 0 Å². The number of nitrogens with zero attached hydrogens (tertiary/aromatic N) is 6. The fraction of sp³-hybridized carbons (Fsp3) is 0.267. The largest absolute Gasteiger partial charge is 0.338 e. The van der Waals surface area contributed by atoms with Crippen LogP contribution in [0.15, 0.2) is 59.4 Å². The summed E-state index contributed by atoms with van der Waals surface area (Å²) in [5.74, 6) is 0.727. The molecule has 10 heteroatoms. The summed E-state index contributed by atoms with van der Waals surface area (Å²) in [4.78, 5) is 29.9. The molecule has 0 unspecified atom stereocenters. The number of carbonyl (C=O) groups is 1. The predicted molar refractivity (Wildman–Crippen MR) is 154 cm³/mol. The molecule has 0 saturated carbocycles. The first-order valence-corrected chi connectivity index (χ1v) is 13.2. The van der Waals surface area contributed by atoms with Crippen LogP contribution in [-0.4, -0.2) is 40.8 Å². The zero-order chi connectivity index (χ0) is 28.2. The first-order valence-electron chi connectivity index (χ1n) is 13.2. The van der Waals surface area contributed by atoms with Crippen LogP contribution in [0, 0.1) is 6.92 Å². The lowest BCUT2D eigenvalue weighted by Gasteiger charge is -2.10. The Kier molecular flexibility index (Phi) is 5.98. The molecule has 6 aromatic rings. The molecule has 0 spiro atoms. The lowest BCUT2D eigenvalue weighted by Crippen LogP contribution is -2.16. The second kappa shape index (κ2) is 9.41. The van der Waals surface area contributed by atoms with Crippen molar-refractivity contribution in [1.82, 2.24) is 34.9 Å². The number of hydrogen-bond acceptors (Lipinski definition) is 7. The molecular formula is C30H30N8O2. The maximum atomic E-state index is 12.9. The predicted octanol–water partition coefficient (Wildman–Crippen LogP) is 6.46. The van der Waals surface area contributed by atoms with E-state index in [-0.39, 0.29) is 17.3 Å². The first kappa shape index (κ1) is 25.4. The van der Waals surface area contributed by atoms with Crippen LogP contribution < -0.4 is 5.32 Å². The van der Waals surface area contributed by atoms with Gasteiger partial charge in [0.1, 0.15) is 5.82 Å². The van der Waals surface area contributed by atoms with E-state index < -0.39 is 5.91 Å². The Bertz CT molecular complexity index is 1890. The Labute approximate surface area is 230 Å². The molecule has 0 bridgehead atoms. The van der Waals surface area contributed by atoms with E-state index in [4.69, 9.17) is 9.51 Å². The zero-order valence-corrected chi connectivity index (χ0v) is 23.3. The standard InChI is InChI=1S/C30H30N8O2/c1-16(2)38-17(3)22(15-32-38)25-34-24-21(12-13-31-26(24)35-25)19-10-11-20-18(14-19)8-7-9-23(20)33-28(39)27-36-29(40-37-27)30(4,5)6/h7-16H,1-6H3,(H,33,39)(H,31,34,35). The van der Waals surface area contributed by atoms with Gasteiger partial charge >= 0.3 is 0 Å². The Morgan fingerprint density at radius 2 is 1.90 bits per heavy atom. The first-order chi connectivity index (χ1) is 19.1. The molecule has 40 heavy (non-hydrogen) atoms. The lowest BCUT2D eigenvalue weighted by molar-refractivity contribution is 0.101. The monoisotopic (exact) mass is 534 g/mol. The minimum atomic E-state index is -0.423. The maximum Gasteiger partial charge on any atom is 0.297 e. The van der Waals surface area contributed by atoms with Crippen molar-refractivity contribution in [1.29, 1.82) is 0 Å². The fourth-order valence-electron chi connectivity index (χ4n) is 4.81. The second-order valence-electron chi connectivity index (χ2n) is 11.2. The van der Waals surface area contributed by atoms with E-state index in [1.54, 1.807) is 6.20 Å². The highest BCUT2D eigenvalue weighted by molar-refractivity contribution is 6.08. The number of aromatic amines is 1. The number of imidazole rings is 1. The summed E-state index contributed by atoms with van der Waals surface area (Å²) >= 11 is 0. The molecule has 0 radical (unpaired) electrons. The molecule has 0 atom stereocenters. The normalized spacial score (nSPS) is 12.1. The maximum absolute atomic E-state index is 12.9. The second-order valence-corrected chi connectivity index (χ2v) is 11.2. The molecular weight excluding hydrogens is 504 g/mol. The van der Waals surface area contributed by atoms with Gasteiger partial charge in [0.05, 0.1) is 17.3 Å². The van der Waals surface area contributed by atoms with E-state index in [0.29, 0.717) is 17.2 Å². The molecule has 2 aromatic carbocycles. The van der Waals surface area contributed by atoms with Gasteiger partial charge in [-0.15, -0.1) is 0 Å². The summed E-state index contributed by atoms with van der Waals surface area (Å²) in [5.41, 5.74) is 5.79. The molecule has 0 aliphatic heterocycles. The summed E-state index contributed by atoms with van der Waals surface area (Å²) in [7, 11) is 0. The number of aromatic nitrogens is 7. The molecule has 202 valence electrons. The number of benzene rings is 2. The minimum Gasteiger partial charge on any atom is -0.338 e. The average Bonchev–Trinajstić information content (AvgIpc) is 3.66. The zero-order valence-electron chi connectivity index (χ0n) is 23.3. The number of anilines is 1.